The van der Waals surface area contributed by atoms with E-state index in [0.717, 1.165) is 18.4 Å². The predicted octanol–water partition coefficient (Wildman–Crippen LogP) is 6.89. The van der Waals surface area contributed by atoms with Gasteiger partial charge in [-0.15, -0.1) is 0 Å². The molecule has 0 heterocycles. The Kier molecular flexibility index (Phi) is 15.3. The molecule has 0 N–H and O–H groups in total. The summed E-state index contributed by atoms with van der Waals surface area (Å²) in [4.78, 5) is 25.6. The fraction of sp³-hybridized carbons (Fsp3) is 0.692. The smallest absolute Gasteiger partial charge is 0.410 e. The number of hydrogen-bond donors (Lipinski definition) is 0. The third kappa shape index (κ3) is 13.1. The summed E-state index contributed by atoms with van der Waals surface area (Å²) in [7, 11) is 1.56. The van der Waals surface area contributed by atoms with Gasteiger partial charge in [0.15, 0.2) is 0 Å². The van der Waals surface area contributed by atoms with Gasteiger partial charge < -0.3 is 9.47 Å². The van der Waals surface area contributed by atoms with Gasteiger partial charge in [0.05, 0.1) is 6.61 Å². The van der Waals surface area contributed by atoms with Crippen molar-refractivity contribution in [2.45, 2.75) is 104 Å². The maximum Gasteiger partial charge on any atom is 0.410 e. The van der Waals surface area contributed by atoms with E-state index >= 15 is 0 Å². The lowest BCUT2D eigenvalue weighted by atomic mass is 10.1. The lowest BCUT2D eigenvalue weighted by Gasteiger charge is -2.22. The van der Waals surface area contributed by atoms with E-state index in [1.807, 2.05) is 30.3 Å². The molecule has 0 aliphatic rings. The number of unbranched alkanes of at least 4 members (excludes halogenated alkanes) is 11. The van der Waals surface area contributed by atoms with Crippen LogP contribution in [0, 0.1) is 0 Å². The normalized spacial score (nSPS) is 11.7. The molecule has 1 aromatic carbocycles. The van der Waals surface area contributed by atoms with Crippen molar-refractivity contribution in [2.75, 3.05) is 13.7 Å². The Labute approximate surface area is 189 Å². The minimum Gasteiger partial charge on any atom is -0.464 e. The molecule has 1 atom stereocenters. The second-order valence-corrected chi connectivity index (χ2v) is 8.38. The van der Waals surface area contributed by atoms with Gasteiger partial charge in [0.1, 0.15) is 12.6 Å². The highest BCUT2D eigenvalue weighted by atomic mass is 16.6. The highest BCUT2D eigenvalue weighted by molar-refractivity contribution is 5.80. The lowest BCUT2D eigenvalue weighted by Crippen LogP contribution is -2.41. The maximum atomic E-state index is 12.2. The summed E-state index contributed by atoms with van der Waals surface area (Å²) in [5.41, 5.74) is 0.909. The molecule has 0 radical (unpaired) electrons. The van der Waals surface area contributed by atoms with Crippen LogP contribution in [0.3, 0.4) is 0 Å². The fourth-order valence-corrected chi connectivity index (χ4v) is 3.37. The molecule has 0 aliphatic carbocycles. The van der Waals surface area contributed by atoms with Crippen molar-refractivity contribution in [1.29, 1.82) is 0 Å². The fourth-order valence-electron chi connectivity index (χ4n) is 3.37. The Hall–Kier alpha value is -2.04. The van der Waals surface area contributed by atoms with Crippen LogP contribution in [0.15, 0.2) is 30.3 Å². The molecule has 1 rings (SSSR count). The Morgan fingerprint density at radius 2 is 1.32 bits per heavy atom. The van der Waals surface area contributed by atoms with Gasteiger partial charge in [0.25, 0.3) is 0 Å². The van der Waals surface area contributed by atoms with Gasteiger partial charge in [0.2, 0.25) is 0 Å². The van der Waals surface area contributed by atoms with Crippen LogP contribution >= 0.6 is 0 Å². The average Bonchev–Trinajstić information content (AvgIpc) is 2.80. The van der Waals surface area contributed by atoms with Crippen LogP contribution in [0.1, 0.15) is 96.5 Å². The van der Waals surface area contributed by atoms with Crippen LogP contribution in [-0.2, 0) is 20.9 Å². The number of likely N-dealkylation sites (N-methyl/N-ethyl adjacent to an activating group) is 1. The topological polar surface area (TPSA) is 55.8 Å². The third-order valence-electron chi connectivity index (χ3n) is 5.66. The molecule has 0 bridgehead atoms. The number of carbonyl (C=O) groups excluding carboxylic acids is 2. The number of amides is 1. The summed E-state index contributed by atoms with van der Waals surface area (Å²) in [5, 5.41) is 0. The van der Waals surface area contributed by atoms with Crippen LogP contribution < -0.4 is 0 Å². The van der Waals surface area contributed by atoms with E-state index in [9.17, 15) is 9.59 Å². The predicted molar refractivity (Wildman–Crippen MR) is 126 cm³/mol. The van der Waals surface area contributed by atoms with Gasteiger partial charge in [0, 0.05) is 7.05 Å². The molecular weight excluding hydrogens is 390 g/mol. The number of ether oxygens (including phenoxy) is 2. The number of hydrogen-bond acceptors (Lipinski definition) is 4. The summed E-state index contributed by atoms with van der Waals surface area (Å²) in [6.45, 7) is 4.51. The van der Waals surface area contributed by atoms with Crippen LogP contribution in [0.2, 0.25) is 0 Å². The highest BCUT2D eigenvalue weighted by Gasteiger charge is 2.24. The largest absolute Gasteiger partial charge is 0.464 e. The van der Waals surface area contributed by atoms with Gasteiger partial charge >= 0.3 is 12.1 Å². The van der Waals surface area contributed by atoms with Crippen molar-refractivity contribution in [1.82, 2.24) is 4.90 Å². The molecule has 176 valence electrons. The SMILES string of the molecule is CCCCCCCCCCCCCCOC(=O)C(C)N(C)C(=O)OCc1ccccc1. The van der Waals surface area contributed by atoms with Crippen molar-refractivity contribution in [3.63, 3.8) is 0 Å². The Morgan fingerprint density at radius 3 is 1.87 bits per heavy atom. The standard InChI is InChI=1S/C26H43NO4/c1-4-5-6-7-8-9-10-11-12-13-14-18-21-30-25(28)23(2)27(3)26(29)31-22-24-19-16-15-17-20-24/h15-17,19-20,23H,4-14,18,21-22H2,1-3H3. The highest BCUT2D eigenvalue weighted by Crippen LogP contribution is 2.12. The molecule has 1 aromatic rings. The zero-order valence-corrected chi connectivity index (χ0v) is 19.9. The number of nitrogens with zero attached hydrogens (tertiary/aromatic N) is 1. The second-order valence-electron chi connectivity index (χ2n) is 8.38. The monoisotopic (exact) mass is 433 g/mol. The van der Waals surface area contributed by atoms with E-state index in [1.54, 1.807) is 14.0 Å². The first-order valence-electron chi connectivity index (χ1n) is 12.2. The van der Waals surface area contributed by atoms with E-state index in [4.69, 9.17) is 9.47 Å². The summed E-state index contributed by atoms with van der Waals surface area (Å²) >= 11 is 0. The lowest BCUT2D eigenvalue weighted by molar-refractivity contribution is -0.148. The van der Waals surface area contributed by atoms with Gasteiger partial charge in [-0.25, -0.2) is 9.59 Å². The zero-order chi connectivity index (χ0) is 22.7. The van der Waals surface area contributed by atoms with E-state index in [2.05, 4.69) is 6.92 Å². The molecule has 31 heavy (non-hydrogen) atoms. The van der Waals surface area contributed by atoms with Crippen molar-refractivity contribution in [3.05, 3.63) is 35.9 Å². The van der Waals surface area contributed by atoms with Crippen molar-refractivity contribution >= 4 is 12.1 Å². The maximum absolute atomic E-state index is 12.2. The first-order valence-corrected chi connectivity index (χ1v) is 12.2. The molecule has 0 saturated heterocycles. The van der Waals surface area contributed by atoms with E-state index < -0.39 is 12.1 Å². The molecule has 0 saturated carbocycles. The van der Waals surface area contributed by atoms with Gasteiger partial charge in [-0.1, -0.05) is 108 Å². The Bertz CT molecular complexity index is 590. The van der Waals surface area contributed by atoms with Crippen LogP contribution in [0.25, 0.3) is 0 Å². The molecule has 1 amide bonds. The summed E-state index contributed by atoms with van der Waals surface area (Å²) < 4.78 is 10.6. The zero-order valence-electron chi connectivity index (χ0n) is 19.9. The van der Waals surface area contributed by atoms with E-state index in [-0.39, 0.29) is 12.6 Å². The van der Waals surface area contributed by atoms with Crippen LogP contribution in [0.4, 0.5) is 4.79 Å². The minimum atomic E-state index is -0.666. The van der Waals surface area contributed by atoms with Crippen molar-refractivity contribution < 1.29 is 19.1 Å². The average molecular weight is 434 g/mol. The summed E-state index contributed by atoms with van der Waals surface area (Å²) in [6.07, 6.45) is 14.7. The number of carbonyl (C=O) groups is 2. The minimum absolute atomic E-state index is 0.185. The van der Waals surface area contributed by atoms with Gasteiger partial charge in [-0.05, 0) is 18.9 Å². The summed E-state index contributed by atoms with van der Waals surface area (Å²) in [5.74, 6) is -0.387. The molecule has 0 aromatic heterocycles. The first-order chi connectivity index (χ1) is 15.1. The molecule has 0 fully saturated rings. The molecule has 5 heteroatoms. The molecule has 0 aliphatic heterocycles. The van der Waals surface area contributed by atoms with Crippen LogP contribution in [-0.4, -0.2) is 36.7 Å². The first kappa shape index (κ1) is 27.0. The Morgan fingerprint density at radius 1 is 0.806 bits per heavy atom. The van der Waals surface area contributed by atoms with Crippen molar-refractivity contribution in [3.8, 4) is 0 Å². The number of rotatable bonds is 17. The van der Waals surface area contributed by atoms with E-state index in [0.29, 0.717) is 6.61 Å². The van der Waals surface area contributed by atoms with Crippen molar-refractivity contribution in [2.24, 2.45) is 0 Å². The van der Waals surface area contributed by atoms with Gasteiger partial charge in [-0.3, -0.25) is 4.90 Å². The number of esters is 1. The third-order valence-corrected chi connectivity index (χ3v) is 5.66. The molecule has 1 unspecified atom stereocenters. The number of benzene rings is 1. The summed E-state index contributed by atoms with van der Waals surface area (Å²) in [6, 6.07) is 8.80. The van der Waals surface area contributed by atoms with Crippen LogP contribution in [0.5, 0.6) is 0 Å². The molecule has 0 spiro atoms. The Balaban J connectivity index is 2.02. The molecule has 5 nitrogen and oxygen atoms in total. The van der Waals surface area contributed by atoms with Gasteiger partial charge in [-0.2, -0.15) is 0 Å². The second kappa shape index (κ2) is 17.6. The quantitative estimate of drug-likeness (QED) is 0.198. The molecular formula is C26H43NO4. The van der Waals surface area contributed by atoms with E-state index in [1.165, 1.54) is 69.1 Å².